The number of hydrogen-bond donors (Lipinski definition) is 1. The highest BCUT2D eigenvalue weighted by Gasteiger charge is 2.36. The maximum Gasteiger partial charge on any atom is 0.433 e. The fourth-order valence-electron chi connectivity index (χ4n) is 3.63. The zero-order valence-electron chi connectivity index (χ0n) is 19.1. The summed E-state index contributed by atoms with van der Waals surface area (Å²) in [6.07, 6.45) is -2.35. The van der Waals surface area contributed by atoms with E-state index in [2.05, 4.69) is 36.4 Å². The normalized spacial score (nSPS) is 11.8. The number of aromatic nitrogens is 5. The molecule has 1 amide bonds. The smallest absolute Gasteiger partial charge is 0.303 e. The lowest BCUT2D eigenvalue weighted by Crippen LogP contribution is -2.16. The van der Waals surface area contributed by atoms with Crippen LogP contribution in [-0.4, -0.2) is 30.3 Å². The fourth-order valence-corrected chi connectivity index (χ4v) is 4.95. The zero-order valence-corrected chi connectivity index (χ0v) is 21.5. The second kappa shape index (κ2) is 9.71. The van der Waals surface area contributed by atoms with Crippen molar-refractivity contribution in [1.82, 2.24) is 24.4 Å². The summed E-state index contributed by atoms with van der Waals surface area (Å²) in [7, 11) is 0. The number of carbonyl (C=O) groups is 1. The first-order valence-electron chi connectivity index (χ1n) is 11.0. The Morgan fingerprint density at radius 3 is 2.54 bits per heavy atom. The van der Waals surface area contributed by atoms with E-state index in [1.165, 1.54) is 34.2 Å². The van der Waals surface area contributed by atoms with Crippen LogP contribution in [0, 0.1) is 5.82 Å². The highest BCUT2D eigenvalue weighted by molar-refractivity contribution is 9.10. The largest absolute Gasteiger partial charge is 0.433 e. The Hall–Kier alpha value is -3.58. The molecule has 1 aromatic carbocycles. The van der Waals surface area contributed by atoms with Gasteiger partial charge >= 0.3 is 6.18 Å². The molecule has 190 valence electrons. The van der Waals surface area contributed by atoms with Crippen LogP contribution in [0.25, 0.3) is 16.2 Å². The molecule has 37 heavy (non-hydrogen) atoms. The molecule has 0 fully saturated rings. The molecule has 0 saturated heterocycles. The van der Waals surface area contributed by atoms with Crippen LogP contribution in [-0.2, 0) is 19.1 Å². The fraction of sp³-hybridized carbons (Fsp3) is 0.167. The molecule has 0 saturated carbocycles. The quantitative estimate of drug-likeness (QED) is 0.230. The molecule has 0 atom stereocenters. The third kappa shape index (κ3) is 5.27. The topological polar surface area (TPSA) is 77.1 Å². The van der Waals surface area contributed by atoms with E-state index in [4.69, 9.17) is 0 Å². The van der Waals surface area contributed by atoms with Gasteiger partial charge in [0, 0.05) is 17.1 Å². The number of amides is 1. The molecule has 4 heterocycles. The number of halogens is 5. The van der Waals surface area contributed by atoms with Gasteiger partial charge in [-0.1, -0.05) is 19.1 Å². The number of alkyl halides is 3. The van der Waals surface area contributed by atoms with Crippen LogP contribution in [0.15, 0.2) is 59.2 Å². The predicted molar refractivity (Wildman–Crippen MR) is 134 cm³/mol. The minimum absolute atomic E-state index is 0.109. The SMILES string of the molecule is CCc1ccc(-c2cc(C(F)(F)F)n3nc(C(=O)Nc4nn(Cc5ccc(F)cc5)cc4Br)cc3n2)s1. The Balaban J connectivity index is 1.44. The van der Waals surface area contributed by atoms with E-state index in [0.29, 0.717) is 20.4 Å². The van der Waals surface area contributed by atoms with Gasteiger partial charge in [0.15, 0.2) is 22.9 Å². The third-order valence-electron chi connectivity index (χ3n) is 5.42. The first-order chi connectivity index (χ1) is 17.6. The van der Waals surface area contributed by atoms with Crippen LogP contribution >= 0.6 is 27.3 Å². The van der Waals surface area contributed by atoms with E-state index in [1.54, 1.807) is 24.4 Å². The van der Waals surface area contributed by atoms with E-state index in [0.717, 1.165) is 22.9 Å². The van der Waals surface area contributed by atoms with Gasteiger partial charge in [-0.25, -0.2) is 13.9 Å². The average Bonchev–Trinajstić information content (AvgIpc) is 3.58. The predicted octanol–water partition coefficient (Wildman–Crippen LogP) is 6.44. The Kier molecular flexibility index (Phi) is 6.58. The number of rotatable bonds is 6. The molecule has 0 unspecified atom stereocenters. The van der Waals surface area contributed by atoms with Gasteiger partial charge in [0.1, 0.15) is 5.82 Å². The van der Waals surface area contributed by atoms with Crippen molar-refractivity contribution in [1.29, 1.82) is 0 Å². The van der Waals surface area contributed by atoms with Crippen LogP contribution < -0.4 is 5.32 Å². The average molecular weight is 593 g/mol. The molecule has 5 aromatic rings. The Morgan fingerprint density at radius 1 is 1.11 bits per heavy atom. The van der Waals surface area contributed by atoms with Gasteiger partial charge in [-0.15, -0.1) is 11.3 Å². The summed E-state index contributed by atoms with van der Waals surface area (Å²) in [5, 5.41) is 10.7. The van der Waals surface area contributed by atoms with E-state index < -0.39 is 17.8 Å². The van der Waals surface area contributed by atoms with Crippen molar-refractivity contribution >= 4 is 44.6 Å². The van der Waals surface area contributed by atoms with Crippen molar-refractivity contribution in [3.8, 4) is 10.6 Å². The maximum absolute atomic E-state index is 13.9. The number of aryl methyl sites for hydroxylation is 1. The van der Waals surface area contributed by atoms with Crippen molar-refractivity contribution < 1.29 is 22.4 Å². The second-order valence-corrected chi connectivity index (χ2v) is 10.1. The molecular weight excluding hydrogens is 576 g/mol. The number of nitrogens with one attached hydrogen (secondary N) is 1. The van der Waals surface area contributed by atoms with Gasteiger partial charge < -0.3 is 5.32 Å². The maximum atomic E-state index is 13.9. The molecule has 0 aliphatic heterocycles. The van der Waals surface area contributed by atoms with Crippen LogP contribution in [0.4, 0.5) is 23.4 Å². The summed E-state index contributed by atoms with van der Waals surface area (Å²) in [5.74, 6) is -0.959. The second-order valence-electron chi connectivity index (χ2n) is 8.05. The highest BCUT2D eigenvalue weighted by Crippen LogP contribution is 2.34. The van der Waals surface area contributed by atoms with Crippen LogP contribution in [0.2, 0.25) is 0 Å². The number of carbonyl (C=O) groups excluding carboxylic acids is 1. The number of nitrogens with zero attached hydrogens (tertiary/aromatic N) is 5. The minimum Gasteiger partial charge on any atom is -0.303 e. The molecule has 13 heteroatoms. The Labute approximate surface area is 219 Å². The monoisotopic (exact) mass is 592 g/mol. The molecule has 0 bridgehead atoms. The van der Waals surface area contributed by atoms with Crippen molar-refractivity contribution in [2.45, 2.75) is 26.1 Å². The Morgan fingerprint density at radius 2 is 1.86 bits per heavy atom. The molecule has 4 aromatic heterocycles. The van der Waals surface area contributed by atoms with Crippen molar-refractivity contribution in [3.05, 3.63) is 86.8 Å². The van der Waals surface area contributed by atoms with Crippen molar-refractivity contribution in [2.24, 2.45) is 0 Å². The first kappa shape index (κ1) is 25.1. The van der Waals surface area contributed by atoms with Gasteiger partial charge in [0.05, 0.1) is 21.6 Å². The third-order valence-corrected chi connectivity index (χ3v) is 7.25. The lowest BCUT2D eigenvalue weighted by molar-refractivity contribution is -0.142. The molecule has 5 rings (SSSR count). The molecule has 7 nitrogen and oxygen atoms in total. The first-order valence-corrected chi connectivity index (χ1v) is 12.6. The number of fused-ring (bicyclic) bond motifs is 1. The van der Waals surface area contributed by atoms with E-state index in [1.807, 2.05) is 13.0 Å². The lowest BCUT2D eigenvalue weighted by atomic mass is 10.2. The van der Waals surface area contributed by atoms with Gasteiger partial charge in [-0.2, -0.15) is 23.4 Å². The molecular formula is C24H17BrF4N6OS. The number of thiophene rings is 1. The van der Waals surface area contributed by atoms with Gasteiger partial charge in [0.25, 0.3) is 5.91 Å². The van der Waals surface area contributed by atoms with Gasteiger partial charge in [0.2, 0.25) is 0 Å². The summed E-state index contributed by atoms with van der Waals surface area (Å²) < 4.78 is 57.4. The number of hydrogen-bond acceptors (Lipinski definition) is 5. The summed E-state index contributed by atoms with van der Waals surface area (Å²) in [5.41, 5.74) is -0.465. The molecule has 0 aliphatic rings. The van der Waals surface area contributed by atoms with Crippen molar-refractivity contribution in [3.63, 3.8) is 0 Å². The van der Waals surface area contributed by atoms with E-state index >= 15 is 0 Å². The summed E-state index contributed by atoms with van der Waals surface area (Å²) in [6, 6.07) is 11.6. The molecule has 0 aliphatic carbocycles. The highest BCUT2D eigenvalue weighted by atomic mass is 79.9. The van der Waals surface area contributed by atoms with Gasteiger partial charge in [-0.3, -0.25) is 9.48 Å². The van der Waals surface area contributed by atoms with Crippen molar-refractivity contribution in [2.75, 3.05) is 5.32 Å². The van der Waals surface area contributed by atoms with Crippen LogP contribution in [0.3, 0.4) is 0 Å². The standard InChI is InChI=1S/C24H17BrF4N6OS/c1-2-15-7-8-19(37-15)17-9-20(24(27,28)29)35-21(30-17)10-18(32-35)23(36)31-22-16(25)12-34(33-22)11-13-3-5-14(26)6-4-13/h3-10,12H,2,11H2,1H3,(H,31,33,36). The Bertz CT molecular complexity index is 1610. The summed E-state index contributed by atoms with van der Waals surface area (Å²) in [6.45, 7) is 2.27. The minimum atomic E-state index is -4.72. The van der Waals surface area contributed by atoms with Crippen LogP contribution in [0.1, 0.15) is 33.5 Å². The number of anilines is 1. The van der Waals surface area contributed by atoms with E-state index in [-0.39, 0.29) is 28.7 Å². The van der Waals surface area contributed by atoms with Crippen LogP contribution in [0.5, 0.6) is 0 Å². The molecule has 0 radical (unpaired) electrons. The summed E-state index contributed by atoms with van der Waals surface area (Å²) >= 11 is 4.68. The number of benzene rings is 1. The zero-order chi connectivity index (χ0) is 26.3. The van der Waals surface area contributed by atoms with E-state index in [9.17, 15) is 22.4 Å². The molecule has 0 spiro atoms. The lowest BCUT2D eigenvalue weighted by Gasteiger charge is -2.10. The molecule has 1 N–H and O–H groups in total. The summed E-state index contributed by atoms with van der Waals surface area (Å²) in [4.78, 5) is 18.8. The van der Waals surface area contributed by atoms with Gasteiger partial charge in [-0.05, 0) is 58.2 Å².